The molecule has 0 fully saturated rings. The molecule has 0 radical (unpaired) electrons. The highest BCUT2D eigenvalue weighted by Gasteiger charge is 2.17. The highest BCUT2D eigenvalue weighted by Crippen LogP contribution is 2.39. The molecular formula is C84H66N4. The van der Waals surface area contributed by atoms with Crippen molar-refractivity contribution >= 4 is 68.2 Å². The maximum atomic E-state index is 3.44. The van der Waals surface area contributed by atoms with Gasteiger partial charge in [0.25, 0.3) is 0 Å². The van der Waals surface area contributed by atoms with Crippen LogP contribution in [0.4, 0.5) is 68.2 Å². The standard InChI is InChI=1S/C84H66N4/c1-61-7-37-73(38-8-61)85(74-39-9-62(2)10-40-74)79-49-25-67(26-50-79)19-22-70-31-55-82(56-32-70)88(83-57-33-71(34-58-83)23-20-68-27-51-80(52-28-68)86(75-41-11-63(3)12-42-75)76-43-13-64(4)14-44-76)84-59-35-72(36-60-84)24-21-69-29-53-81(54-30-69)87(77-45-15-65(5)16-46-77)78-47-17-66(6)18-48-78/h7-18,25-60H,1-6H3. The van der Waals surface area contributed by atoms with E-state index in [4.69, 9.17) is 0 Å². The maximum absolute atomic E-state index is 3.44. The van der Waals surface area contributed by atoms with Crippen LogP contribution >= 0.6 is 0 Å². The molecule has 422 valence electrons. The molecule has 0 N–H and O–H groups in total. The fourth-order valence-corrected chi connectivity index (χ4v) is 10.5. The van der Waals surface area contributed by atoms with Crippen LogP contribution in [0.3, 0.4) is 0 Å². The second-order valence-electron chi connectivity index (χ2n) is 22.4. The van der Waals surface area contributed by atoms with Gasteiger partial charge in [-0.15, -0.1) is 0 Å². The summed E-state index contributed by atoms with van der Waals surface area (Å²) in [6.07, 6.45) is 0. The lowest BCUT2D eigenvalue weighted by atomic mass is 10.1. The van der Waals surface area contributed by atoms with Gasteiger partial charge < -0.3 is 19.6 Å². The monoisotopic (exact) mass is 1130 g/mol. The van der Waals surface area contributed by atoms with Crippen LogP contribution in [-0.2, 0) is 0 Å². The van der Waals surface area contributed by atoms with E-state index in [1.165, 1.54) is 33.4 Å². The van der Waals surface area contributed by atoms with Crippen molar-refractivity contribution < 1.29 is 0 Å². The molecule has 0 saturated carbocycles. The molecule has 0 heterocycles. The minimum Gasteiger partial charge on any atom is -0.311 e. The third-order valence-electron chi connectivity index (χ3n) is 15.6. The summed E-state index contributed by atoms with van der Waals surface area (Å²) < 4.78 is 0. The van der Waals surface area contributed by atoms with Crippen molar-refractivity contribution in [2.24, 2.45) is 0 Å². The van der Waals surface area contributed by atoms with Crippen LogP contribution in [0, 0.1) is 77.1 Å². The summed E-state index contributed by atoms with van der Waals surface area (Å²) in [5.41, 5.74) is 25.7. The van der Waals surface area contributed by atoms with Crippen molar-refractivity contribution in [3.63, 3.8) is 0 Å². The Hall–Kier alpha value is -11.5. The quantitative estimate of drug-likeness (QED) is 0.113. The fraction of sp³-hybridized carbons (Fsp3) is 0.0714. The van der Waals surface area contributed by atoms with E-state index in [1.807, 2.05) is 0 Å². The molecule has 0 aliphatic carbocycles. The molecule has 12 rings (SSSR count). The van der Waals surface area contributed by atoms with Crippen molar-refractivity contribution in [3.8, 4) is 35.5 Å². The molecule has 12 aromatic carbocycles. The van der Waals surface area contributed by atoms with E-state index in [1.54, 1.807) is 0 Å². The van der Waals surface area contributed by atoms with Crippen LogP contribution in [-0.4, -0.2) is 0 Å². The third-order valence-corrected chi connectivity index (χ3v) is 15.6. The molecule has 4 nitrogen and oxygen atoms in total. The number of aryl methyl sites for hydroxylation is 6. The topological polar surface area (TPSA) is 13.0 Å². The number of anilines is 12. The minimum absolute atomic E-state index is 0.919. The second kappa shape index (κ2) is 26.2. The van der Waals surface area contributed by atoms with E-state index >= 15 is 0 Å². The molecule has 0 aliphatic rings. The zero-order valence-corrected chi connectivity index (χ0v) is 50.5. The first kappa shape index (κ1) is 57.0. The average Bonchev–Trinajstić information content (AvgIpc) is 1.89. The van der Waals surface area contributed by atoms with E-state index in [9.17, 15) is 0 Å². The Labute approximate surface area is 519 Å². The van der Waals surface area contributed by atoms with Crippen LogP contribution in [0.1, 0.15) is 66.8 Å². The Kier molecular flexibility index (Phi) is 17.0. The van der Waals surface area contributed by atoms with E-state index in [-0.39, 0.29) is 0 Å². The zero-order chi connectivity index (χ0) is 60.3. The third kappa shape index (κ3) is 13.7. The van der Waals surface area contributed by atoms with Crippen molar-refractivity contribution in [2.45, 2.75) is 41.5 Å². The minimum atomic E-state index is 0.919. The first-order valence-electron chi connectivity index (χ1n) is 29.8. The fourth-order valence-electron chi connectivity index (χ4n) is 10.5. The lowest BCUT2D eigenvalue weighted by Gasteiger charge is -2.26. The number of hydrogen-bond donors (Lipinski definition) is 0. The van der Waals surface area contributed by atoms with Gasteiger partial charge in [0, 0.05) is 102 Å². The largest absolute Gasteiger partial charge is 0.311 e. The van der Waals surface area contributed by atoms with Gasteiger partial charge in [0.15, 0.2) is 0 Å². The number of rotatable bonds is 12. The maximum Gasteiger partial charge on any atom is 0.0462 e. The van der Waals surface area contributed by atoms with Gasteiger partial charge in [-0.1, -0.05) is 142 Å². The van der Waals surface area contributed by atoms with E-state index in [0.717, 1.165) is 102 Å². The average molecular weight is 1130 g/mol. The number of nitrogens with zero attached hydrogens (tertiary/aromatic N) is 4. The van der Waals surface area contributed by atoms with Gasteiger partial charge >= 0.3 is 0 Å². The highest BCUT2D eigenvalue weighted by atomic mass is 15.2. The van der Waals surface area contributed by atoms with Crippen LogP contribution in [0.25, 0.3) is 0 Å². The molecule has 0 unspecified atom stereocenters. The lowest BCUT2D eigenvalue weighted by molar-refractivity contribution is 1.27. The first-order valence-corrected chi connectivity index (χ1v) is 29.8. The smallest absolute Gasteiger partial charge is 0.0462 e. The predicted octanol–water partition coefficient (Wildman–Crippen LogP) is 21.6. The highest BCUT2D eigenvalue weighted by molar-refractivity contribution is 5.81. The molecule has 0 aliphatic heterocycles. The summed E-state index contributed by atoms with van der Waals surface area (Å²) in [5, 5.41) is 0. The summed E-state index contributed by atoms with van der Waals surface area (Å²) in [7, 11) is 0. The van der Waals surface area contributed by atoms with Gasteiger partial charge in [-0.05, 0) is 260 Å². The molecule has 4 heteroatoms. The normalized spacial score (nSPS) is 10.6. The Balaban J connectivity index is 0.803. The molecule has 0 bridgehead atoms. The predicted molar refractivity (Wildman–Crippen MR) is 371 cm³/mol. The Bertz CT molecular complexity index is 3910. The van der Waals surface area contributed by atoms with Crippen molar-refractivity contribution in [1.82, 2.24) is 0 Å². The van der Waals surface area contributed by atoms with E-state index < -0.39 is 0 Å². The van der Waals surface area contributed by atoms with Gasteiger partial charge in [0.1, 0.15) is 0 Å². The Morgan fingerprint density at radius 2 is 0.227 bits per heavy atom. The Morgan fingerprint density at radius 1 is 0.136 bits per heavy atom. The summed E-state index contributed by atoms with van der Waals surface area (Å²) >= 11 is 0. The van der Waals surface area contributed by atoms with E-state index in [0.29, 0.717) is 0 Å². The van der Waals surface area contributed by atoms with Gasteiger partial charge in [0.2, 0.25) is 0 Å². The van der Waals surface area contributed by atoms with Crippen LogP contribution in [0.2, 0.25) is 0 Å². The summed E-state index contributed by atoms with van der Waals surface area (Å²) in [5.74, 6) is 20.6. The number of hydrogen-bond acceptors (Lipinski definition) is 4. The Morgan fingerprint density at radius 3 is 0.330 bits per heavy atom. The van der Waals surface area contributed by atoms with Gasteiger partial charge in [-0.25, -0.2) is 0 Å². The van der Waals surface area contributed by atoms with Crippen molar-refractivity contribution in [1.29, 1.82) is 0 Å². The molecule has 0 saturated heterocycles. The second-order valence-corrected chi connectivity index (χ2v) is 22.4. The lowest BCUT2D eigenvalue weighted by Crippen LogP contribution is -2.10. The van der Waals surface area contributed by atoms with Crippen molar-refractivity contribution in [2.75, 3.05) is 19.6 Å². The SMILES string of the molecule is Cc1ccc(N(c2ccc(C)cc2)c2ccc(C#Cc3ccc(N(c4ccc(C#Cc5ccc(N(c6ccc(C)cc6)c6ccc(C)cc6)cc5)cc4)c4ccc(C#Cc5ccc(N(c6ccc(C)cc6)c6ccc(C)cc6)cc5)cc4)cc3)cc2)cc1. The molecule has 12 aromatic rings. The molecule has 0 amide bonds. The summed E-state index contributed by atoms with van der Waals surface area (Å²) in [6.45, 7) is 12.7. The first-order chi connectivity index (χ1) is 43.0. The van der Waals surface area contributed by atoms with Crippen LogP contribution in [0.5, 0.6) is 0 Å². The van der Waals surface area contributed by atoms with Gasteiger partial charge in [-0.3, -0.25) is 0 Å². The molecular weight excluding hydrogens is 1060 g/mol. The van der Waals surface area contributed by atoms with Crippen LogP contribution in [0.15, 0.2) is 291 Å². The van der Waals surface area contributed by atoms with Gasteiger partial charge in [-0.2, -0.15) is 0 Å². The number of benzene rings is 12. The van der Waals surface area contributed by atoms with Gasteiger partial charge in [0.05, 0.1) is 0 Å². The van der Waals surface area contributed by atoms with Crippen LogP contribution < -0.4 is 19.6 Å². The summed E-state index contributed by atoms with van der Waals surface area (Å²) in [6, 6.07) is 103. The molecule has 0 aromatic heterocycles. The van der Waals surface area contributed by atoms with Crippen molar-refractivity contribution in [3.05, 3.63) is 358 Å². The molecule has 0 atom stereocenters. The summed E-state index contributed by atoms with van der Waals surface area (Å²) in [4.78, 5) is 9.10. The molecule has 88 heavy (non-hydrogen) atoms. The van der Waals surface area contributed by atoms with E-state index in [2.05, 4.69) is 388 Å². The zero-order valence-electron chi connectivity index (χ0n) is 50.5. The molecule has 0 spiro atoms.